The van der Waals surface area contributed by atoms with Crippen LogP contribution in [0.25, 0.3) is 0 Å². The summed E-state index contributed by atoms with van der Waals surface area (Å²) >= 11 is 1.75. The van der Waals surface area contributed by atoms with Gasteiger partial charge in [-0.1, -0.05) is 42.5 Å². The predicted octanol–water partition coefficient (Wildman–Crippen LogP) is 4.67. The van der Waals surface area contributed by atoms with Crippen molar-refractivity contribution < 1.29 is 14.0 Å². The Kier molecular flexibility index (Phi) is 7.86. The number of carbonyl (C=O) groups excluding carboxylic acids is 2. The first-order valence-electron chi connectivity index (χ1n) is 12.9. The quantitative estimate of drug-likeness (QED) is 0.514. The van der Waals surface area contributed by atoms with Gasteiger partial charge in [-0.15, -0.1) is 11.3 Å². The summed E-state index contributed by atoms with van der Waals surface area (Å²) in [4.78, 5) is 33.3. The monoisotopic (exact) mass is 520 g/mol. The lowest BCUT2D eigenvalue weighted by Crippen LogP contribution is -2.57. The SMILES string of the molecule is CC1CN(C(=O)CCN2CCc3sccc3C2c2cccc(F)c2)CCN1C(=O)NCc1ccccc1. The second-order valence-electron chi connectivity index (χ2n) is 9.82. The van der Waals surface area contributed by atoms with Crippen molar-refractivity contribution in [3.05, 3.63) is 93.4 Å². The molecule has 2 aliphatic rings. The number of hydrogen-bond acceptors (Lipinski definition) is 4. The fraction of sp³-hybridized carbons (Fsp3) is 0.379. The van der Waals surface area contributed by atoms with Crippen LogP contribution in [0.15, 0.2) is 66.0 Å². The molecular formula is C29H33FN4O2S. The van der Waals surface area contributed by atoms with Crippen LogP contribution < -0.4 is 5.32 Å². The molecule has 0 saturated carbocycles. The van der Waals surface area contributed by atoms with E-state index in [1.807, 2.05) is 53.1 Å². The number of rotatable bonds is 6. The van der Waals surface area contributed by atoms with E-state index in [1.54, 1.807) is 23.5 Å². The number of amides is 3. The normalized spacial score (nSPS) is 19.9. The van der Waals surface area contributed by atoms with Crippen LogP contribution in [-0.2, 0) is 17.8 Å². The molecule has 0 aliphatic carbocycles. The maximum absolute atomic E-state index is 14.1. The number of nitrogens with zero attached hydrogens (tertiary/aromatic N) is 3. The number of nitrogens with one attached hydrogen (secondary N) is 1. The number of thiophene rings is 1. The van der Waals surface area contributed by atoms with Crippen molar-refractivity contribution in [3.8, 4) is 0 Å². The summed E-state index contributed by atoms with van der Waals surface area (Å²) in [6.45, 7) is 5.50. The van der Waals surface area contributed by atoms with Crippen LogP contribution >= 0.6 is 11.3 Å². The lowest BCUT2D eigenvalue weighted by Gasteiger charge is -2.40. The van der Waals surface area contributed by atoms with Gasteiger partial charge in [-0.25, -0.2) is 9.18 Å². The number of carbonyl (C=O) groups is 2. The van der Waals surface area contributed by atoms with Crippen LogP contribution in [0.5, 0.6) is 0 Å². The Balaban J connectivity index is 1.16. The van der Waals surface area contributed by atoms with Gasteiger partial charge in [0, 0.05) is 56.6 Å². The maximum Gasteiger partial charge on any atom is 0.318 e. The first-order valence-corrected chi connectivity index (χ1v) is 13.8. The molecule has 3 aromatic rings. The molecule has 194 valence electrons. The van der Waals surface area contributed by atoms with Crippen LogP contribution in [0.1, 0.15) is 41.0 Å². The Morgan fingerprint density at radius 1 is 1.05 bits per heavy atom. The maximum atomic E-state index is 14.1. The second-order valence-corrected chi connectivity index (χ2v) is 10.8. The minimum atomic E-state index is -0.240. The lowest BCUT2D eigenvalue weighted by molar-refractivity contribution is -0.134. The first-order chi connectivity index (χ1) is 18.0. The molecule has 5 rings (SSSR count). The van der Waals surface area contributed by atoms with Gasteiger partial charge in [-0.2, -0.15) is 0 Å². The van der Waals surface area contributed by atoms with Crippen LogP contribution in [0, 0.1) is 5.82 Å². The molecule has 2 aliphatic heterocycles. The Bertz CT molecular complexity index is 1230. The van der Waals surface area contributed by atoms with Gasteiger partial charge in [0.1, 0.15) is 5.82 Å². The van der Waals surface area contributed by atoms with E-state index in [9.17, 15) is 14.0 Å². The van der Waals surface area contributed by atoms with E-state index in [4.69, 9.17) is 0 Å². The standard InChI is InChI=1S/C29H33FN4O2S/c1-21-20-33(15-16-34(21)29(36)31-19-22-6-3-2-4-7-22)27(35)11-14-32-13-10-26-25(12-17-37-26)28(32)23-8-5-9-24(30)18-23/h2-9,12,17-18,21,28H,10-11,13-16,19-20H2,1H3,(H,31,36). The van der Waals surface area contributed by atoms with Gasteiger partial charge < -0.3 is 15.1 Å². The Labute approximate surface area is 221 Å². The summed E-state index contributed by atoms with van der Waals surface area (Å²) in [7, 11) is 0. The third-order valence-electron chi connectivity index (χ3n) is 7.37. The van der Waals surface area contributed by atoms with Crippen LogP contribution in [0.2, 0.25) is 0 Å². The molecule has 2 unspecified atom stereocenters. The third-order valence-corrected chi connectivity index (χ3v) is 8.37. The van der Waals surface area contributed by atoms with Gasteiger partial charge in [0.25, 0.3) is 0 Å². The molecule has 1 fully saturated rings. The molecule has 2 aromatic carbocycles. The number of fused-ring (bicyclic) bond motifs is 1. The van der Waals surface area contributed by atoms with Gasteiger partial charge in [0.2, 0.25) is 5.91 Å². The highest BCUT2D eigenvalue weighted by Gasteiger charge is 2.32. The first kappa shape index (κ1) is 25.4. The van der Waals surface area contributed by atoms with Crippen molar-refractivity contribution in [1.29, 1.82) is 0 Å². The number of benzene rings is 2. The molecule has 1 aromatic heterocycles. The summed E-state index contributed by atoms with van der Waals surface area (Å²) < 4.78 is 14.1. The minimum Gasteiger partial charge on any atom is -0.339 e. The van der Waals surface area contributed by atoms with Crippen molar-refractivity contribution >= 4 is 23.3 Å². The largest absolute Gasteiger partial charge is 0.339 e. The molecule has 6 nitrogen and oxygen atoms in total. The molecule has 0 spiro atoms. The van der Waals surface area contributed by atoms with Gasteiger partial charge in [0.15, 0.2) is 0 Å². The highest BCUT2D eigenvalue weighted by Crippen LogP contribution is 2.38. The van der Waals surface area contributed by atoms with Crippen molar-refractivity contribution in [2.45, 2.75) is 38.4 Å². The van der Waals surface area contributed by atoms with E-state index in [0.717, 1.165) is 24.1 Å². The topological polar surface area (TPSA) is 55.9 Å². The molecule has 8 heteroatoms. The van der Waals surface area contributed by atoms with Crippen LogP contribution in [-0.4, -0.2) is 65.4 Å². The molecule has 0 radical (unpaired) electrons. The minimum absolute atomic E-state index is 0.0393. The number of piperazine rings is 1. The van der Waals surface area contributed by atoms with E-state index in [1.165, 1.54) is 16.5 Å². The number of halogens is 1. The smallest absolute Gasteiger partial charge is 0.318 e. The Morgan fingerprint density at radius 2 is 1.89 bits per heavy atom. The molecule has 37 heavy (non-hydrogen) atoms. The summed E-state index contributed by atoms with van der Waals surface area (Å²) in [6, 6.07) is 18.6. The lowest BCUT2D eigenvalue weighted by atomic mass is 9.93. The molecule has 3 amide bonds. The zero-order chi connectivity index (χ0) is 25.8. The summed E-state index contributed by atoms with van der Waals surface area (Å²) in [5, 5.41) is 5.09. The zero-order valence-corrected chi connectivity index (χ0v) is 21.9. The van der Waals surface area contributed by atoms with Crippen molar-refractivity contribution in [3.63, 3.8) is 0 Å². The molecule has 3 heterocycles. The van der Waals surface area contributed by atoms with Crippen molar-refractivity contribution in [2.75, 3.05) is 32.7 Å². The van der Waals surface area contributed by atoms with E-state index < -0.39 is 0 Å². The zero-order valence-electron chi connectivity index (χ0n) is 21.1. The summed E-state index contributed by atoms with van der Waals surface area (Å²) in [5.74, 6) is -0.138. The molecule has 1 saturated heterocycles. The van der Waals surface area contributed by atoms with Crippen LogP contribution in [0.4, 0.5) is 9.18 Å². The average molecular weight is 521 g/mol. The van der Waals surface area contributed by atoms with Crippen LogP contribution in [0.3, 0.4) is 0 Å². The highest BCUT2D eigenvalue weighted by atomic mass is 32.1. The Hall–Kier alpha value is -3.23. The van der Waals surface area contributed by atoms with Gasteiger partial charge in [-0.05, 0) is 53.6 Å². The Morgan fingerprint density at radius 3 is 2.68 bits per heavy atom. The van der Waals surface area contributed by atoms with Gasteiger partial charge >= 0.3 is 6.03 Å². The van der Waals surface area contributed by atoms with Crippen molar-refractivity contribution in [1.82, 2.24) is 20.0 Å². The van der Waals surface area contributed by atoms with Gasteiger partial charge in [0.05, 0.1) is 6.04 Å². The average Bonchev–Trinajstić information content (AvgIpc) is 3.39. The molecule has 0 bridgehead atoms. The third kappa shape index (κ3) is 5.86. The predicted molar refractivity (Wildman–Crippen MR) is 144 cm³/mol. The number of hydrogen-bond donors (Lipinski definition) is 1. The molecule has 2 atom stereocenters. The van der Waals surface area contributed by atoms with E-state index in [0.29, 0.717) is 39.1 Å². The van der Waals surface area contributed by atoms with E-state index >= 15 is 0 Å². The fourth-order valence-electron chi connectivity index (χ4n) is 5.43. The van der Waals surface area contributed by atoms with Gasteiger partial charge in [-0.3, -0.25) is 9.69 Å². The summed E-state index contributed by atoms with van der Waals surface area (Å²) in [5.41, 5.74) is 3.20. The van der Waals surface area contributed by atoms with E-state index in [-0.39, 0.29) is 29.8 Å². The highest BCUT2D eigenvalue weighted by molar-refractivity contribution is 7.10. The second kappa shape index (κ2) is 11.4. The number of urea groups is 1. The molecule has 1 N–H and O–H groups in total. The van der Waals surface area contributed by atoms with Crippen molar-refractivity contribution in [2.24, 2.45) is 0 Å². The fourth-order valence-corrected chi connectivity index (χ4v) is 6.34. The summed E-state index contributed by atoms with van der Waals surface area (Å²) in [6.07, 6.45) is 1.35. The van der Waals surface area contributed by atoms with E-state index in [2.05, 4.69) is 21.7 Å². The molecular weight excluding hydrogens is 487 g/mol.